The van der Waals surface area contributed by atoms with Gasteiger partial charge in [0, 0.05) is 69.7 Å². The lowest BCUT2D eigenvalue weighted by Gasteiger charge is -2.35. The van der Waals surface area contributed by atoms with E-state index in [1.54, 1.807) is 46.1 Å². The predicted octanol–water partition coefficient (Wildman–Crippen LogP) is 7.82. The van der Waals surface area contributed by atoms with Crippen molar-refractivity contribution >= 4 is 51.0 Å². The number of fused-ring (bicyclic) bond motifs is 2. The minimum atomic E-state index is -0.388. The van der Waals surface area contributed by atoms with Gasteiger partial charge in [0.05, 0.1) is 35.6 Å². The third kappa shape index (κ3) is 7.95. The fourth-order valence-corrected chi connectivity index (χ4v) is 8.88. The molecule has 56 heavy (non-hydrogen) atoms. The molecule has 9 rings (SSSR count). The summed E-state index contributed by atoms with van der Waals surface area (Å²) in [6.45, 7) is 6.22. The average Bonchev–Trinajstić information content (AvgIpc) is 3.85. The van der Waals surface area contributed by atoms with Crippen molar-refractivity contribution in [3.05, 3.63) is 82.5 Å². The Morgan fingerprint density at radius 2 is 1.75 bits per heavy atom. The van der Waals surface area contributed by atoms with Crippen molar-refractivity contribution in [1.29, 1.82) is 0 Å². The molecule has 13 nitrogen and oxygen atoms in total. The van der Waals surface area contributed by atoms with Crippen LogP contribution in [0.25, 0.3) is 21.8 Å². The monoisotopic (exact) mass is 764 g/mol. The van der Waals surface area contributed by atoms with Crippen molar-refractivity contribution in [1.82, 2.24) is 29.5 Å². The van der Waals surface area contributed by atoms with Gasteiger partial charge < -0.3 is 24.1 Å². The Morgan fingerprint density at radius 3 is 2.50 bits per heavy atom. The Bertz CT molecular complexity index is 2300. The lowest BCUT2D eigenvalue weighted by molar-refractivity contribution is -0.120. The first kappa shape index (κ1) is 37.5. The first-order chi connectivity index (χ1) is 27.3. The molecule has 4 fully saturated rings. The minimum Gasteiger partial charge on any atom is -0.496 e. The van der Waals surface area contributed by atoms with E-state index in [-0.39, 0.29) is 38.0 Å². The Labute approximate surface area is 329 Å². The van der Waals surface area contributed by atoms with E-state index in [0.717, 1.165) is 40.7 Å². The molecule has 2 saturated heterocycles. The van der Waals surface area contributed by atoms with Crippen LogP contribution in [0.15, 0.2) is 65.7 Å². The maximum Gasteiger partial charge on any atom is 0.328 e. The number of carbonyl (C=O) groups excluding carboxylic acids is 3. The number of methoxy groups -OCH3 is 1. The Hall–Kier alpha value is -5.43. The van der Waals surface area contributed by atoms with E-state index in [2.05, 4.69) is 49.4 Å². The third-order valence-electron chi connectivity index (χ3n) is 12.1. The van der Waals surface area contributed by atoms with Crippen LogP contribution < -0.4 is 25.8 Å². The van der Waals surface area contributed by atoms with Crippen LogP contribution in [0.5, 0.6) is 5.75 Å². The number of likely N-dealkylation sites (tertiary alicyclic amines) is 1. The zero-order valence-corrected chi connectivity index (χ0v) is 32.4. The van der Waals surface area contributed by atoms with Crippen molar-refractivity contribution in [3.8, 4) is 5.75 Å². The fourth-order valence-electron chi connectivity index (χ4n) is 8.88. The molecule has 4 aliphatic rings. The second-order valence-electron chi connectivity index (χ2n) is 15.8. The quantitative estimate of drug-likeness (QED) is 0.139. The highest BCUT2D eigenvalue weighted by Gasteiger charge is 2.29. The van der Waals surface area contributed by atoms with Gasteiger partial charge in [0.25, 0.3) is 11.5 Å². The minimum absolute atomic E-state index is 0. The van der Waals surface area contributed by atoms with Crippen molar-refractivity contribution in [2.45, 2.75) is 89.6 Å². The number of imide groups is 1. The zero-order valence-electron chi connectivity index (χ0n) is 32.4. The second-order valence-corrected chi connectivity index (χ2v) is 15.8. The number of carbonyl (C=O) groups is 3. The normalized spacial score (nSPS) is 18.5. The Morgan fingerprint density at radius 1 is 0.946 bits per heavy atom. The van der Waals surface area contributed by atoms with Gasteiger partial charge in [-0.1, -0.05) is 38.2 Å². The van der Waals surface area contributed by atoms with Crippen LogP contribution in [-0.2, 0) is 4.79 Å². The second kappa shape index (κ2) is 16.4. The summed E-state index contributed by atoms with van der Waals surface area (Å²) in [7, 11) is 1.50. The SMILES string of the molecule is COc1cc2[nH]ncc2cc1C(=O)Nc1cccn(C2CC2)c1=O.Cc1cc2c(N3CCC(=O)NC3=O)cccc2n1C1CCN(CCC2CCCCC2)CC1.[HH].[HH]. The molecule has 3 N–H and O–H groups in total. The number of aryl methyl sites for hydroxylation is 1. The molecule has 2 aliphatic carbocycles. The van der Waals surface area contributed by atoms with Gasteiger partial charge in [-0.15, -0.1) is 0 Å². The molecule has 0 atom stereocenters. The summed E-state index contributed by atoms with van der Waals surface area (Å²) in [6.07, 6.45) is 16.7. The summed E-state index contributed by atoms with van der Waals surface area (Å²) >= 11 is 0. The van der Waals surface area contributed by atoms with Crippen molar-refractivity contribution in [3.63, 3.8) is 0 Å². The smallest absolute Gasteiger partial charge is 0.328 e. The van der Waals surface area contributed by atoms with E-state index in [9.17, 15) is 19.2 Å². The molecular formula is C43H56N8O5. The zero-order chi connectivity index (χ0) is 38.8. The van der Waals surface area contributed by atoms with E-state index in [1.165, 1.54) is 89.3 Å². The summed E-state index contributed by atoms with van der Waals surface area (Å²) in [6, 6.07) is 15.7. The summed E-state index contributed by atoms with van der Waals surface area (Å²) in [4.78, 5) is 53.5. The van der Waals surface area contributed by atoms with Crippen LogP contribution >= 0.6 is 0 Å². The van der Waals surface area contributed by atoms with E-state index >= 15 is 0 Å². The number of nitrogens with one attached hydrogen (secondary N) is 3. The summed E-state index contributed by atoms with van der Waals surface area (Å²) in [5.74, 6) is 0.795. The predicted molar refractivity (Wildman–Crippen MR) is 222 cm³/mol. The number of hydrogen-bond donors (Lipinski definition) is 3. The van der Waals surface area contributed by atoms with Gasteiger partial charge in [0.2, 0.25) is 5.91 Å². The highest BCUT2D eigenvalue weighted by atomic mass is 16.5. The Kier molecular flexibility index (Phi) is 10.9. The standard InChI is InChI=1S/C26H36N4O2.C17H16N4O3.2H2/c1-19-18-22-23(29-17-13-25(31)27-26(29)32)8-5-9-24(22)30(19)21-11-15-28(16-12-21)14-10-20-6-3-2-4-7-20;1-24-15-8-14-10(9-18-20-14)7-12(15)16(22)19-13-3-2-6-21(17(13)23)11-4-5-11;;/h5,8-9,18,20-21H,2-4,6-7,10-17H2,1H3,(H,27,31,32);2-3,6-9,11H,4-5H2,1H3,(H,18,20)(H,19,22);2*1H. The number of benzene rings is 2. The number of nitrogens with zero attached hydrogens (tertiary/aromatic N) is 5. The van der Waals surface area contributed by atoms with Crippen LogP contribution in [0.1, 0.15) is 102 Å². The van der Waals surface area contributed by atoms with Crippen molar-refractivity contribution in [2.75, 3.05) is 43.5 Å². The molecule has 0 spiro atoms. The number of urea groups is 1. The van der Waals surface area contributed by atoms with Crippen LogP contribution in [0, 0.1) is 12.8 Å². The van der Waals surface area contributed by atoms with E-state index < -0.39 is 0 Å². The van der Waals surface area contributed by atoms with Gasteiger partial charge >= 0.3 is 6.03 Å². The van der Waals surface area contributed by atoms with Gasteiger partial charge in [-0.25, -0.2) is 4.79 Å². The lowest BCUT2D eigenvalue weighted by Crippen LogP contribution is -2.49. The molecule has 2 aromatic carbocycles. The number of amides is 4. The molecule has 0 radical (unpaired) electrons. The van der Waals surface area contributed by atoms with Gasteiger partial charge in [-0.2, -0.15) is 5.10 Å². The average molecular weight is 765 g/mol. The van der Waals surface area contributed by atoms with Gasteiger partial charge in [-0.3, -0.25) is 29.7 Å². The lowest BCUT2D eigenvalue weighted by atomic mass is 9.87. The van der Waals surface area contributed by atoms with Crippen LogP contribution in [0.2, 0.25) is 0 Å². The third-order valence-corrected chi connectivity index (χ3v) is 12.1. The number of rotatable bonds is 9. The first-order valence-electron chi connectivity index (χ1n) is 20.2. The van der Waals surface area contributed by atoms with Gasteiger partial charge in [0.1, 0.15) is 11.4 Å². The number of anilines is 2. The Balaban J connectivity index is 0.000000196. The first-order valence-corrected chi connectivity index (χ1v) is 20.2. The number of hydrogen-bond acceptors (Lipinski definition) is 7. The maximum atomic E-state index is 12.6. The highest BCUT2D eigenvalue weighted by Crippen LogP contribution is 2.36. The summed E-state index contributed by atoms with van der Waals surface area (Å²) < 4.78 is 9.46. The highest BCUT2D eigenvalue weighted by molar-refractivity contribution is 6.10. The maximum absolute atomic E-state index is 12.6. The molecule has 5 heterocycles. The molecule has 0 unspecified atom stereocenters. The largest absolute Gasteiger partial charge is 0.496 e. The molecular weight excluding hydrogens is 709 g/mol. The number of H-pyrrole nitrogens is 1. The van der Waals surface area contributed by atoms with Gasteiger partial charge in [-0.05, 0) is 87.9 Å². The summed E-state index contributed by atoms with van der Waals surface area (Å²) in [5, 5.41) is 13.8. The number of aromatic amines is 1. The van der Waals surface area contributed by atoms with Gasteiger partial charge in [0.15, 0.2) is 0 Å². The molecule has 2 saturated carbocycles. The van der Waals surface area contributed by atoms with E-state index in [0.29, 0.717) is 30.3 Å². The van der Waals surface area contributed by atoms with Crippen molar-refractivity contribution in [2.24, 2.45) is 5.92 Å². The number of piperidine rings is 1. The van der Waals surface area contributed by atoms with Crippen molar-refractivity contribution < 1.29 is 22.0 Å². The molecule has 3 aromatic heterocycles. The van der Waals surface area contributed by atoms with Crippen LogP contribution in [-0.4, -0.2) is 75.4 Å². The number of pyridine rings is 1. The van der Waals surface area contributed by atoms with Crippen LogP contribution in [0.4, 0.5) is 16.2 Å². The topological polar surface area (TPSA) is 147 Å². The summed E-state index contributed by atoms with van der Waals surface area (Å²) in [5.41, 5.74) is 4.57. The molecule has 4 amide bonds. The number of ether oxygens (including phenoxy) is 1. The molecule has 298 valence electrons. The molecule has 13 heteroatoms. The fraction of sp³-hybridized carbons (Fsp3) is 0.465. The number of aromatic nitrogens is 4. The molecule has 2 aliphatic heterocycles. The molecule has 0 bridgehead atoms. The van der Waals surface area contributed by atoms with E-state index in [4.69, 9.17) is 4.74 Å². The molecule has 5 aromatic rings. The van der Waals surface area contributed by atoms with E-state index in [1.807, 2.05) is 12.1 Å². The van der Waals surface area contributed by atoms with Crippen LogP contribution in [0.3, 0.4) is 0 Å².